The Balaban J connectivity index is 2.64. The summed E-state index contributed by atoms with van der Waals surface area (Å²) in [5.74, 6) is 0. The van der Waals surface area contributed by atoms with E-state index in [0.29, 0.717) is 6.61 Å². The molecule has 0 aliphatic carbocycles. The van der Waals surface area contributed by atoms with Crippen LogP contribution in [0.1, 0.15) is 0 Å². The van der Waals surface area contributed by atoms with Gasteiger partial charge in [-0.3, -0.25) is 0 Å². The van der Waals surface area contributed by atoms with Gasteiger partial charge in [-0.15, -0.1) is 0 Å². The predicted molar refractivity (Wildman–Crippen MR) is 44.3 cm³/mol. The molecule has 5 nitrogen and oxygen atoms in total. The van der Waals surface area contributed by atoms with Crippen LogP contribution in [0.2, 0.25) is 0 Å². The fourth-order valence-electron chi connectivity index (χ4n) is 1.50. The molecule has 0 aromatic heterocycles. The maximum absolute atomic E-state index is 9.40. The van der Waals surface area contributed by atoms with Crippen LogP contribution in [0.15, 0.2) is 0 Å². The van der Waals surface area contributed by atoms with E-state index in [2.05, 4.69) is 0 Å². The molecule has 0 amide bonds. The third-order valence-corrected chi connectivity index (χ3v) is 2.25. The van der Waals surface area contributed by atoms with E-state index in [1.54, 1.807) is 14.2 Å². The summed E-state index contributed by atoms with van der Waals surface area (Å²) in [5, 5.41) is 9.40. The molecule has 1 rings (SSSR count). The minimum absolute atomic E-state index is 0.196. The lowest BCUT2D eigenvalue weighted by Crippen LogP contribution is -2.55. The van der Waals surface area contributed by atoms with Crippen LogP contribution in [-0.4, -0.2) is 57.6 Å². The molecule has 0 radical (unpaired) electrons. The van der Waals surface area contributed by atoms with Crippen molar-refractivity contribution in [2.75, 3.05) is 27.9 Å². The first-order valence-corrected chi connectivity index (χ1v) is 4.12. The van der Waals surface area contributed by atoms with Crippen molar-refractivity contribution in [3.05, 3.63) is 0 Å². The summed E-state index contributed by atoms with van der Waals surface area (Å²) in [6.45, 7) is 0.316. The zero-order valence-corrected chi connectivity index (χ0v) is 8.10. The van der Waals surface area contributed by atoms with Crippen LogP contribution in [-0.2, 0) is 18.9 Å². The van der Waals surface area contributed by atoms with Gasteiger partial charge in [0.2, 0.25) is 0 Å². The summed E-state index contributed by atoms with van der Waals surface area (Å²) in [5.41, 5.74) is 0. The van der Waals surface area contributed by atoms with Crippen molar-refractivity contribution in [1.29, 1.82) is 0 Å². The molecule has 1 aliphatic rings. The Morgan fingerprint density at radius 3 is 2.15 bits per heavy atom. The molecule has 0 aromatic carbocycles. The normalized spacial score (nSPS) is 40.6. The monoisotopic (exact) mass is 192 g/mol. The van der Waals surface area contributed by atoms with Gasteiger partial charge in [0.1, 0.15) is 18.3 Å². The van der Waals surface area contributed by atoms with Crippen molar-refractivity contribution in [3.63, 3.8) is 0 Å². The van der Waals surface area contributed by atoms with Crippen LogP contribution in [0.3, 0.4) is 0 Å². The van der Waals surface area contributed by atoms with Crippen LogP contribution in [0, 0.1) is 0 Å². The van der Waals surface area contributed by atoms with Crippen molar-refractivity contribution in [1.82, 2.24) is 0 Å². The Morgan fingerprint density at radius 1 is 1.08 bits per heavy atom. The quantitative estimate of drug-likeness (QED) is 0.646. The van der Waals surface area contributed by atoms with Crippen molar-refractivity contribution in [2.45, 2.75) is 24.6 Å². The molecule has 1 unspecified atom stereocenters. The van der Waals surface area contributed by atoms with Gasteiger partial charge >= 0.3 is 0 Å². The predicted octanol–water partition coefficient (Wildman–Crippen LogP) is -0.620. The first-order valence-electron chi connectivity index (χ1n) is 4.12. The smallest absolute Gasteiger partial charge is 0.183 e. The third-order valence-electron chi connectivity index (χ3n) is 2.25. The molecule has 0 spiro atoms. The average Bonchev–Trinajstić information content (AvgIpc) is 2.17. The van der Waals surface area contributed by atoms with Gasteiger partial charge in [-0.05, 0) is 0 Å². The lowest BCUT2D eigenvalue weighted by Gasteiger charge is -2.38. The van der Waals surface area contributed by atoms with Gasteiger partial charge in [-0.1, -0.05) is 0 Å². The van der Waals surface area contributed by atoms with Crippen LogP contribution >= 0.6 is 0 Å². The minimum Gasteiger partial charge on any atom is -0.376 e. The van der Waals surface area contributed by atoms with E-state index in [1.807, 2.05) is 0 Å². The molecule has 5 heteroatoms. The second kappa shape index (κ2) is 4.88. The lowest BCUT2D eigenvalue weighted by atomic mass is 10.1. The second-order valence-electron chi connectivity index (χ2n) is 2.90. The van der Waals surface area contributed by atoms with Crippen LogP contribution in [0.5, 0.6) is 0 Å². The summed E-state index contributed by atoms with van der Waals surface area (Å²) >= 11 is 0. The highest BCUT2D eigenvalue weighted by molar-refractivity contribution is 4.85. The van der Waals surface area contributed by atoms with Crippen molar-refractivity contribution < 1.29 is 24.1 Å². The Labute approximate surface area is 77.5 Å². The number of hydrogen-bond acceptors (Lipinski definition) is 5. The van der Waals surface area contributed by atoms with Crippen molar-refractivity contribution >= 4 is 0 Å². The number of rotatable bonds is 3. The first kappa shape index (κ1) is 10.9. The molecule has 0 aromatic rings. The molecule has 0 saturated carbocycles. The molecule has 1 aliphatic heterocycles. The Morgan fingerprint density at radius 2 is 1.69 bits per heavy atom. The van der Waals surface area contributed by atoms with E-state index < -0.39 is 12.4 Å². The first-order chi connectivity index (χ1) is 6.24. The number of aliphatic hydroxyl groups excluding tert-OH is 1. The lowest BCUT2D eigenvalue weighted by molar-refractivity contribution is -0.267. The highest BCUT2D eigenvalue weighted by Gasteiger charge is 2.40. The molecule has 0 bridgehead atoms. The van der Waals surface area contributed by atoms with Crippen LogP contribution < -0.4 is 0 Å². The van der Waals surface area contributed by atoms with Gasteiger partial charge in [-0.25, -0.2) is 0 Å². The van der Waals surface area contributed by atoms with E-state index in [9.17, 15) is 5.11 Å². The number of ether oxygens (including phenoxy) is 4. The second-order valence-corrected chi connectivity index (χ2v) is 2.90. The maximum atomic E-state index is 9.40. The van der Waals surface area contributed by atoms with Gasteiger partial charge < -0.3 is 24.1 Å². The van der Waals surface area contributed by atoms with E-state index in [0.717, 1.165) is 0 Å². The molecular formula is C8H16O5. The SMILES string of the molecule is CO[C@H]1[C@@H](OC)COC(O)[C@@H]1OC. The fraction of sp³-hybridized carbons (Fsp3) is 1.00. The van der Waals surface area contributed by atoms with Gasteiger partial charge in [0, 0.05) is 21.3 Å². The van der Waals surface area contributed by atoms with Gasteiger partial charge in [0.05, 0.1) is 6.61 Å². The number of methoxy groups -OCH3 is 3. The highest BCUT2D eigenvalue weighted by atomic mass is 16.7. The number of aliphatic hydroxyl groups is 1. The van der Waals surface area contributed by atoms with Crippen LogP contribution in [0.25, 0.3) is 0 Å². The summed E-state index contributed by atoms with van der Waals surface area (Å²) in [7, 11) is 4.63. The largest absolute Gasteiger partial charge is 0.376 e. The molecule has 13 heavy (non-hydrogen) atoms. The molecule has 78 valence electrons. The highest BCUT2D eigenvalue weighted by Crippen LogP contribution is 2.20. The van der Waals surface area contributed by atoms with E-state index in [4.69, 9.17) is 18.9 Å². The zero-order valence-electron chi connectivity index (χ0n) is 8.10. The van der Waals surface area contributed by atoms with Gasteiger partial charge in [-0.2, -0.15) is 0 Å². The summed E-state index contributed by atoms with van der Waals surface area (Å²) in [6, 6.07) is 0. The van der Waals surface area contributed by atoms with E-state index >= 15 is 0 Å². The van der Waals surface area contributed by atoms with Gasteiger partial charge in [0.15, 0.2) is 6.29 Å². The Bertz CT molecular complexity index is 151. The van der Waals surface area contributed by atoms with E-state index in [1.165, 1.54) is 7.11 Å². The summed E-state index contributed by atoms with van der Waals surface area (Å²) < 4.78 is 20.4. The maximum Gasteiger partial charge on any atom is 0.183 e. The van der Waals surface area contributed by atoms with E-state index in [-0.39, 0.29) is 12.2 Å². The van der Waals surface area contributed by atoms with Crippen molar-refractivity contribution in [2.24, 2.45) is 0 Å². The zero-order chi connectivity index (χ0) is 9.84. The molecule has 1 fully saturated rings. The molecule has 1 heterocycles. The standard InChI is InChI=1S/C8H16O5/c1-10-5-4-13-8(9)7(12-3)6(5)11-2/h5-9H,4H2,1-3H3/t5-,6-,7+,8?/m0/s1. The van der Waals surface area contributed by atoms with Crippen molar-refractivity contribution in [3.8, 4) is 0 Å². The minimum atomic E-state index is -0.943. The fourth-order valence-corrected chi connectivity index (χ4v) is 1.50. The summed E-state index contributed by atoms with van der Waals surface area (Å²) in [6.07, 6.45) is -1.93. The average molecular weight is 192 g/mol. The molecule has 4 atom stereocenters. The Kier molecular flexibility index (Phi) is 4.08. The third kappa shape index (κ3) is 2.18. The molecule has 1 N–H and O–H groups in total. The number of hydrogen-bond donors (Lipinski definition) is 1. The van der Waals surface area contributed by atoms with Gasteiger partial charge in [0.25, 0.3) is 0 Å². The molecular weight excluding hydrogens is 176 g/mol. The summed E-state index contributed by atoms with van der Waals surface area (Å²) in [4.78, 5) is 0. The topological polar surface area (TPSA) is 57.2 Å². The van der Waals surface area contributed by atoms with Crippen LogP contribution in [0.4, 0.5) is 0 Å². The molecule has 1 saturated heterocycles. The Hall–Kier alpha value is -0.200.